The Bertz CT molecular complexity index is 1560. The van der Waals surface area contributed by atoms with Crippen molar-refractivity contribution in [3.05, 3.63) is 86.8 Å². The molecular weight excluding hydrogens is 545 g/mol. The lowest BCUT2D eigenvalue weighted by atomic mass is 10.1. The zero-order valence-electron chi connectivity index (χ0n) is 20.6. The molecule has 1 aliphatic heterocycles. The summed E-state index contributed by atoms with van der Waals surface area (Å²) in [5.74, 6) is 0.0396. The summed E-state index contributed by atoms with van der Waals surface area (Å²) in [5.41, 5.74) is 1.20. The minimum atomic E-state index is -1.28. The van der Waals surface area contributed by atoms with Crippen LogP contribution in [0.1, 0.15) is 30.1 Å². The molecule has 0 saturated carbocycles. The molecule has 38 heavy (non-hydrogen) atoms. The molecule has 1 saturated heterocycles. The van der Waals surface area contributed by atoms with Gasteiger partial charge in [-0.3, -0.25) is 4.79 Å². The number of hydrogen-bond acceptors (Lipinski definition) is 6. The maximum absolute atomic E-state index is 13.1. The van der Waals surface area contributed by atoms with Gasteiger partial charge in [0.25, 0.3) is 0 Å². The monoisotopic (exact) mass is 569 g/mol. The Balaban J connectivity index is 1.58. The second kappa shape index (κ2) is 11.3. The maximum atomic E-state index is 13.1. The largest absolute Gasteiger partial charge is 0.477 e. The number of benzene rings is 2. The fourth-order valence-electron chi connectivity index (χ4n) is 4.77. The van der Waals surface area contributed by atoms with Crippen molar-refractivity contribution in [3.63, 3.8) is 0 Å². The van der Waals surface area contributed by atoms with Crippen LogP contribution in [0.25, 0.3) is 16.6 Å². The Morgan fingerprint density at radius 3 is 2.68 bits per heavy atom. The molecule has 196 valence electrons. The zero-order chi connectivity index (χ0) is 26.8. The van der Waals surface area contributed by atoms with Crippen LogP contribution in [0.5, 0.6) is 5.88 Å². The molecule has 1 atom stereocenters. The third-order valence-electron chi connectivity index (χ3n) is 6.55. The second-order valence-corrected chi connectivity index (χ2v) is 11.0. The molecule has 4 aromatic rings. The second-order valence-electron chi connectivity index (χ2n) is 8.89. The van der Waals surface area contributed by atoms with Gasteiger partial charge in [0.15, 0.2) is 0 Å². The molecule has 0 unspecified atom stereocenters. The number of fused-ring (bicyclic) bond motifs is 1. The molecular formula is C28H25Cl2N3O4S. The molecule has 1 fully saturated rings. The quantitative estimate of drug-likeness (QED) is 0.241. The van der Waals surface area contributed by atoms with Gasteiger partial charge in [0.2, 0.25) is 11.3 Å². The van der Waals surface area contributed by atoms with Crippen LogP contribution in [-0.2, 0) is 0 Å². The van der Waals surface area contributed by atoms with Gasteiger partial charge in [0.1, 0.15) is 17.2 Å². The van der Waals surface area contributed by atoms with Gasteiger partial charge in [-0.2, -0.15) is 0 Å². The molecule has 0 spiro atoms. The smallest absolute Gasteiger partial charge is 0.341 e. The van der Waals surface area contributed by atoms with E-state index in [0.29, 0.717) is 28.0 Å². The highest BCUT2D eigenvalue weighted by Crippen LogP contribution is 2.36. The Hall–Kier alpha value is -3.20. The van der Waals surface area contributed by atoms with Crippen LogP contribution in [0.15, 0.2) is 70.6 Å². The van der Waals surface area contributed by atoms with Crippen molar-refractivity contribution >= 4 is 57.5 Å². The van der Waals surface area contributed by atoms with Crippen LogP contribution < -0.4 is 15.1 Å². The number of ether oxygens (including phenoxy) is 1. The number of pyridine rings is 2. The highest BCUT2D eigenvalue weighted by atomic mass is 35.5. The first-order valence-electron chi connectivity index (χ1n) is 12.2. The van der Waals surface area contributed by atoms with Gasteiger partial charge in [0.05, 0.1) is 22.3 Å². The van der Waals surface area contributed by atoms with Gasteiger partial charge in [-0.25, -0.2) is 9.78 Å². The highest BCUT2D eigenvalue weighted by Gasteiger charge is 2.28. The summed E-state index contributed by atoms with van der Waals surface area (Å²) in [6, 6.07) is 14.8. The van der Waals surface area contributed by atoms with E-state index in [1.54, 1.807) is 40.7 Å². The van der Waals surface area contributed by atoms with Crippen LogP contribution in [0.2, 0.25) is 10.0 Å². The minimum absolute atomic E-state index is 0.0202. The van der Waals surface area contributed by atoms with Crippen molar-refractivity contribution in [1.82, 2.24) is 9.55 Å². The van der Waals surface area contributed by atoms with Crippen LogP contribution in [0.4, 0.5) is 5.69 Å². The molecule has 1 aliphatic rings. The van der Waals surface area contributed by atoms with E-state index in [1.165, 1.54) is 6.20 Å². The topological polar surface area (TPSA) is 84.7 Å². The van der Waals surface area contributed by atoms with E-state index in [4.69, 9.17) is 27.9 Å². The van der Waals surface area contributed by atoms with Crippen molar-refractivity contribution in [1.29, 1.82) is 0 Å². The molecule has 0 radical (unpaired) electrons. The van der Waals surface area contributed by atoms with Crippen LogP contribution in [-0.4, -0.2) is 45.6 Å². The molecule has 0 bridgehead atoms. The van der Waals surface area contributed by atoms with Gasteiger partial charge >= 0.3 is 5.97 Å². The van der Waals surface area contributed by atoms with Crippen molar-refractivity contribution in [2.45, 2.75) is 30.7 Å². The normalized spacial score (nSPS) is 15.2. The van der Waals surface area contributed by atoms with Crippen molar-refractivity contribution in [2.75, 3.05) is 23.8 Å². The zero-order valence-corrected chi connectivity index (χ0v) is 22.9. The summed E-state index contributed by atoms with van der Waals surface area (Å²) in [6.45, 7) is 3.21. The fraction of sp³-hybridized carbons (Fsp3) is 0.250. The summed E-state index contributed by atoms with van der Waals surface area (Å²) < 4.78 is 7.68. The van der Waals surface area contributed by atoms with E-state index in [2.05, 4.69) is 16.8 Å². The van der Waals surface area contributed by atoms with E-state index in [0.717, 1.165) is 41.4 Å². The third-order valence-corrected chi connectivity index (χ3v) is 8.04. The molecule has 1 N–H and O–H groups in total. The molecule has 7 nitrogen and oxygen atoms in total. The SMILES string of the molecule is CCSc1ccc(-n2cc(C(=O)O)c(=O)c3cc(Cl)c(N4CCC[C@@H]4COc4ncccc4Cl)cc32)cc1. The van der Waals surface area contributed by atoms with Gasteiger partial charge in [-0.1, -0.05) is 30.1 Å². The lowest BCUT2D eigenvalue weighted by Crippen LogP contribution is -2.34. The summed E-state index contributed by atoms with van der Waals surface area (Å²) in [5, 5.41) is 10.8. The van der Waals surface area contributed by atoms with E-state index >= 15 is 0 Å². The number of aromatic nitrogens is 2. The van der Waals surface area contributed by atoms with Crippen molar-refractivity contribution in [3.8, 4) is 11.6 Å². The van der Waals surface area contributed by atoms with E-state index in [1.807, 2.05) is 30.3 Å². The molecule has 2 aromatic carbocycles. The van der Waals surface area contributed by atoms with Crippen molar-refractivity contribution in [2.24, 2.45) is 0 Å². The number of aromatic carboxylic acids is 1. The van der Waals surface area contributed by atoms with Gasteiger partial charge in [-0.15, -0.1) is 11.8 Å². The number of carboxylic acid groups (broad SMARTS) is 1. The molecule has 0 aliphatic carbocycles. The molecule has 5 rings (SSSR count). The summed E-state index contributed by atoms with van der Waals surface area (Å²) in [7, 11) is 0. The van der Waals surface area contributed by atoms with Crippen LogP contribution in [0, 0.1) is 0 Å². The first-order valence-corrected chi connectivity index (χ1v) is 14.0. The number of nitrogens with zero attached hydrogens (tertiary/aromatic N) is 3. The molecule has 0 amide bonds. The maximum Gasteiger partial charge on any atom is 0.341 e. The van der Waals surface area contributed by atoms with E-state index in [-0.39, 0.29) is 17.0 Å². The average Bonchev–Trinajstić information content (AvgIpc) is 3.37. The Morgan fingerprint density at radius 1 is 1.18 bits per heavy atom. The van der Waals surface area contributed by atoms with Crippen molar-refractivity contribution < 1.29 is 14.6 Å². The van der Waals surface area contributed by atoms with E-state index < -0.39 is 11.4 Å². The average molecular weight is 570 g/mol. The number of carboxylic acids is 1. The summed E-state index contributed by atoms with van der Waals surface area (Å²) in [6.07, 6.45) is 4.85. The molecule has 3 heterocycles. The first-order chi connectivity index (χ1) is 18.4. The van der Waals surface area contributed by atoms with Gasteiger partial charge < -0.3 is 19.3 Å². The van der Waals surface area contributed by atoms with Gasteiger partial charge in [0, 0.05) is 34.9 Å². The summed E-state index contributed by atoms with van der Waals surface area (Å²) in [4.78, 5) is 32.5. The Labute approximate surface area is 234 Å². The Kier molecular flexibility index (Phi) is 7.83. The number of carbonyl (C=O) groups is 1. The Morgan fingerprint density at radius 2 is 1.97 bits per heavy atom. The number of thioether (sulfide) groups is 1. The highest BCUT2D eigenvalue weighted by molar-refractivity contribution is 7.99. The molecule has 2 aromatic heterocycles. The predicted octanol–water partition coefficient (Wildman–Crippen LogP) is 6.55. The summed E-state index contributed by atoms with van der Waals surface area (Å²) >= 11 is 14.7. The van der Waals surface area contributed by atoms with Crippen LogP contribution >= 0.6 is 35.0 Å². The predicted molar refractivity (Wildman–Crippen MR) is 153 cm³/mol. The number of hydrogen-bond donors (Lipinski definition) is 1. The van der Waals surface area contributed by atoms with E-state index in [9.17, 15) is 14.7 Å². The standard InChI is InChI=1S/C28H25Cl2N3O4S/c1-2-38-19-9-7-17(8-10-19)33-15-21(28(35)36)26(34)20-13-23(30)25(14-24(20)33)32-12-4-5-18(32)16-37-27-22(29)6-3-11-31-27/h3,6-11,13-15,18H,2,4-5,12,16H2,1H3,(H,35,36)/t18-/m1/s1. The fourth-order valence-corrected chi connectivity index (χ4v) is 5.88. The number of rotatable bonds is 8. The lowest BCUT2D eigenvalue weighted by Gasteiger charge is -2.28. The molecule has 10 heteroatoms. The van der Waals surface area contributed by atoms with Crippen LogP contribution in [0.3, 0.4) is 0 Å². The minimum Gasteiger partial charge on any atom is -0.477 e. The van der Waals surface area contributed by atoms with Gasteiger partial charge in [-0.05, 0) is 67.1 Å². The first kappa shape index (κ1) is 26.4. The number of anilines is 1. The number of halogens is 2. The third kappa shape index (κ3) is 5.21. The lowest BCUT2D eigenvalue weighted by molar-refractivity contribution is 0.0695.